The molecule has 156 valence electrons. The van der Waals surface area contributed by atoms with Gasteiger partial charge in [-0.2, -0.15) is 4.98 Å². The number of aromatic nitrogens is 2. The van der Waals surface area contributed by atoms with Gasteiger partial charge in [-0.1, -0.05) is 49.0 Å². The van der Waals surface area contributed by atoms with Gasteiger partial charge in [0.15, 0.2) is 5.82 Å². The molecular formula is C22H29ClN4O2. The Kier molecular flexibility index (Phi) is 5.67. The number of hydrogen-bond donors (Lipinski definition) is 1. The van der Waals surface area contributed by atoms with Crippen molar-refractivity contribution in [2.45, 2.75) is 75.4 Å². The summed E-state index contributed by atoms with van der Waals surface area (Å²) in [6.07, 6.45) is 9.55. The van der Waals surface area contributed by atoms with Crippen molar-refractivity contribution >= 4 is 18.3 Å². The topological polar surface area (TPSA) is 85.2 Å². The van der Waals surface area contributed by atoms with E-state index in [1.54, 1.807) is 0 Å². The smallest absolute Gasteiger partial charge is 0.254 e. The van der Waals surface area contributed by atoms with E-state index in [0.717, 1.165) is 44.1 Å². The average molecular weight is 417 g/mol. The highest BCUT2D eigenvalue weighted by atomic mass is 35.5. The highest BCUT2D eigenvalue weighted by molar-refractivity contribution is 5.94. The van der Waals surface area contributed by atoms with Gasteiger partial charge in [0, 0.05) is 11.6 Å². The molecule has 6 nitrogen and oxygen atoms in total. The van der Waals surface area contributed by atoms with Gasteiger partial charge in [0.25, 0.3) is 5.91 Å². The number of benzene rings is 1. The minimum absolute atomic E-state index is 0. The maximum Gasteiger partial charge on any atom is 0.254 e. The molecule has 2 N–H and O–H groups in total. The zero-order valence-corrected chi connectivity index (χ0v) is 17.4. The Morgan fingerprint density at radius 3 is 2.59 bits per heavy atom. The molecule has 1 saturated heterocycles. The first-order valence-electron chi connectivity index (χ1n) is 10.7. The Labute approximate surface area is 177 Å². The fourth-order valence-corrected chi connectivity index (χ4v) is 5.50. The molecule has 1 aromatic carbocycles. The van der Waals surface area contributed by atoms with E-state index in [0.29, 0.717) is 17.6 Å². The molecule has 0 radical (unpaired) electrons. The van der Waals surface area contributed by atoms with Crippen LogP contribution in [-0.2, 0) is 5.54 Å². The molecule has 0 spiro atoms. The molecule has 1 aliphatic heterocycles. The molecule has 1 amide bonds. The number of nitrogens with zero attached hydrogens (tertiary/aromatic N) is 3. The first kappa shape index (κ1) is 20.4. The molecule has 3 unspecified atom stereocenters. The first-order chi connectivity index (χ1) is 13.7. The molecule has 2 aromatic rings. The van der Waals surface area contributed by atoms with Crippen LogP contribution in [0.4, 0.5) is 0 Å². The van der Waals surface area contributed by atoms with Crippen molar-refractivity contribution in [2.24, 2.45) is 11.7 Å². The molecule has 1 aromatic heterocycles. The molecule has 2 aliphatic carbocycles. The van der Waals surface area contributed by atoms with Gasteiger partial charge >= 0.3 is 0 Å². The Morgan fingerprint density at radius 1 is 1.10 bits per heavy atom. The summed E-state index contributed by atoms with van der Waals surface area (Å²) in [4.78, 5) is 20.2. The highest BCUT2D eigenvalue weighted by Gasteiger charge is 2.48. The lowest BCUT2D eigenvalue weighted by molar-refractivity contribution is 0.0588. The van der Waals surface area contributed by atoms with Crippen LogP contribution < -0.4 is 5.73 Å². The van der Waals surface area contributed by atoms with Crippen LogP contribution in [0.1, 0.15) is 85.9 Å². The third-order valence-electron chi connectivity index (χ3n) is 7.01. The molecule has 5 rings (SSSR count). The number of halogens is 1. The van der Waals surface area contributed by atoms with E-state index >= 15 is 0 Å². The molecular weight excluding hydrogens is 388 g/mol. The van der Waals surface area contributed by atoms with Gasteiger partial charge in [0.2, 0.25) is 5.89 Å². The van der Waals surface area contributed by atoms with E-state index in [9.17, 15) is 4.79 Å². The van der Waals surface area contributed by atoms with E-state index < -0.39 is 5.54 Å². The third-order valence-corrected chi connectivity index (χ3v) is 7.01. The summed E-state index contributed by atoms with van der Waals surface area (Å²) >= 11 is 0. The van der Waals surface area contributed by atoms with Gasteiger partial charge in [0.05, 0.1) is 5.54 Å². The van der Waals surface area contributed by atoms with Crippen molar-refractivity contribution in [1.29, 1.82) is 0 Å². The van der Waals surface area contributed by atoms with Crippen LogP contribution in [-0.4, -0.2) is 27.0 Å². The van der Waals surface area contributed by atoms with E-state index in [-0.39, 0.29) is 30.4 Å². The second-order valence-electron chi connectivity index (χ2n) is 8.76. The highest BCUT2D eigenvalue weighted by Crippen LogP contribution is 2.47. The summed E-state index contributed by atoms with van der Waals surface area (Å²) in [5.74, 6) is 1.76. The molecule has 2 saturated carbocycles. The summed E-state index contributed by atoms with van der Waals surface area (Å²) in [7, 11) is 0. The van der Waals surface area contributed by atoms with Crippen molar-refractivity contribution in [3.05, 3.63) is 47.6 Å². The normalized spacial score (nSPS) is 28.0. The molecule has 3 atom stereocenters. The number of rotatable bonds is 3. The summed E-state index contributed by atoms with van der Waals surface area (Å²) in [5, 5.41) is 4.25. The fourth-order valence-electron chi connectivity index (χ4n) is 5.50. The Hall–Kier alpha value is -1.92. The van der Waals surface area contributed by atoms with Crippen LogP contribution in [0.15, 0.2) is 34.9 Å². The second kappa shape index (κ2) is 8.07. The number of nitrogens with two attached hydrogens (primary N) is 1. The van der Waals surface area contributed by atoms with E-state index in [1.807, 2.05) is 35.2 Å². The van der Waals surface area contributed by atoms with Crippen LogP contribution in [0, 0.1) is 5.92 Å². The lowest BCUT2D eigenvalue weighted by Crippen LogP contribution is -2.40. The van der Waals surface area contributed by atoms with Crippen LogP contribution >= 0.6 is 12.4 Å². The molecule has 7 heteroatoms. The lowest BCUT2D eigenvalue weighted by Gasteiger charge is -2.33. The van der Waals surface area contributed by atoms with Crippen molar-refractivity contribution in [1.82, 2.24) is 15.0 Å². The maximum atomic E-state index is 13.4. The second-order valence-corrected chi connectivity index (χ2v) is 8.76. The van der Waals surface area contributed by atoms with Crippen LogP contribution in [0.2, 0.25) is 0 Å². The first-order valence-corrected chi connectivity index (χ1v) is 10.7. The maximum absolute atomic E-state index is 13.4. The Morgan fingerprint density at radius 2 is 1.83 bits per heavy atom. The van der Waals surface area contributed by atoms with Crippen LogP contribution in [0.5, 0.6) is 0 Å². The van der Waals surface area contributed by atoms with E-state index in [1.165, 1.54) is 19.3 Å². The van der Waals surface area contributed by atoms with Gasteiger partial charge < -0.3 is 15.2 Å². The minimum atomic E-state index is -0.471. The Balaban J connectivity index is 0.00000205. The van der Waals surface area contributed by atoms with Crippen molar-refractivity contribution in [2.75, 3.05) is 0 Å². The van der Waals surface area contributed by atoms with Crippen LogP contribution in [0.3, 0.4) is 0 Å². The molecule has 2 heterocycles. The number of likely N-dealkylation sites (tertiary alicyclic amines) is 1. The van der Waals surface area contributed by atoms with Crippen molar-refractivity contribution < 1.29 is 9.32 Å². The zero-order valence-electron chi connectivity index (χ0n) is 16.6. The average Bonchev–Trinajstić information content (AvgIpc) is 3.46. The SMILES string of the molecule is Cl.NC1(c2noc(C3CC4CCCCC4N3C(=O)c3ccccc3)n2)CCCC1. The van der Waals surface area contributed by atoms with Gasteiger partial charge in [-0.05, 0) is 50.2 Å². The predicted octanol–water partition coefficient (Wildman–Crippen LogP) is 4.37. The summed E-state index contributed by atoms with van der Waals surface area (Å²) < 4.78 is 5.71. The summed E-state index contributed by atoms with van der Waals surface area (Å²) in [5.41, 5.74) is 6.78. The molecule has 3 aliphatic rings. The van der Waals surface area contributed by atoms with Gasteiger partial charge in [-0.25, -0.2) is 0 Å². The quantitative estimate of drug-likeness (QED) is 0.803. The number of amides is 1. The molecule has 29 heavy (non-hydrogen) atoms. The van der Waals surface area contributed by atoms with Crippen molar-refractivity contribution in [3.8, 4) is 0 Å². The number of fused-ring (bicyclic) bond motifs is 1. The lowest BCUT2D eigenvalue weighted by atomic mass is 9.84. The predicted molar refractivity (Wildman–Crippen MR) is 112 cm³/mol. The standard InChI is InChI=1S/C22H28N4O2.ClH/c23-22(12-6-7-13-22)21-24-19(28-25-21)18-14-16-10-4-5-11-17(16)26(18)20(27)15-8-2-1-3-9-15;/h1-3,8-9,16-18H,4-7,10-14,23H2;1H. The third kappa shape index (κ3) is 3.57. The van der Waals surface area contributed by atoms with Crippen LogP contribution in [0.25, 0.3) is 0 Å². The van der Waals surface area contributed by atoms with E-state index in [4.69, 9.17) is 15.2 Å². The number of hydrogen-bond acceptors (Lipinski definition) is 5. The Bertz CT molecular complexity index is 850. The van der Waals surface area contributed by atoms with Crippen molar-refractivity contribution in [3.63, 3.8) is 0 Å². The largest absolute Gasteiger partial charge is 0.337 e. The minimum Gasteiger partial charge on any atom is -0.337 e. The van der Waals surface area contributed by atoms with Gasteiger partial charge in [-0.3, -0.25) is 4.79 Å². The number of carbonyl (C=O) groups excluding carboxylic acids is 1. The fraction of sp³-hybridized carbons (Fsp3) is 0.591. The summed E-state index contributed by atoms with van der Waals surface area (Å²) in [6, 6.07) is 9.67. The zero-order chi connectivity index (χ0) is 19.1. The monoisotopic (exact) mass is 416 g/mol. The van der Waals surface area contributed by atoms with Gasteiger partial charge in [0.1, 0.15) is 6.04 Å². The van der Waals surface area contributed by atoms with E-state index in [2.05, 4.69) is 5.16 Å². The summed E-state index contributed by atoms with van der Waals surface area (Å²) in [6.45, 7) is 0. The van der Waals surface area contributed by atoms with Gasteiger partial charge in [-0.15, -0.1) is 12.4 Å². The molecule has 0 bridgehead atoms. The molecule has 3 fully saturated rings. The number of carbonyl (C=O) groups is 1.